The summed E-state index contributed by atoms with van der Waals surface area (Å²) in [4.78, 5) is 23.1. The minimum Gasteiger partial charge on any atom is -0.310 e. The quantitative estimate of drug-likeness (QED) is 0.909. The molecule has 138 valence electrons. The van der Waals surface area contributed by atoms with Crippen molar-refractivity contribution in [3.63, 3.8) is 0 Å². The number of aromatic nitrogens is 2. The molecular formula is C22H29N3O. The van der Waals surface area contributed by atoms with Gasteiger partial charge in [-0.3, -0.25) is 9.69 Å². The molecule has 1 aliphatic carbocycles. The van der Waals surface area contributed by atoms with Crippen molar-refractivity contribution >= 4 is 0 Å². The molecule has 0 amide bonds. The summed E-state index contributed by atoms with van der Waals surface area (Å²) in [6, 6.07) is 6.65. The summed E-state index contributed by atoms with van der Waals surface area (Å²) in [6.45, 7) is 6.87. The Hall–Kier alpha value is -1.94. The van der Waals surface area contributed by atoms with Gasteiger partial charge in [-0.25, -0.2) is 4.98 Å². The lowest BCUT2D eigenvalue weighted by Crippen LogP contribution is -2.36. The Balaban J connectivity index is 1.51. The van der Waals surface area contributed by atoms with Gasteiger partial charge >= 0.3 is 0 Å². The Bertz CT molecular complexity index is 849. The first-order chi connectivity index (χ1) is 12.6. The maximum Gasteiger partial charge on any atom is 0.255 e. The van der Waals surface area contributed by atoms with Gasteiger partial charge in [0.05, 0.1) is 11.3 Å². The van der Waals surface area contributed by atoms with Gasteiger partial charge in [-0.15, -0.1) is 0 Å². The van der Waals surface area contributed by atoms with Gasteiger partial charge in [0, 0.05) is 32.0 Å². The lowest BCUT2D eigenvalue weighted by atomic mass is 9.88. The van der Waals surface area contributed by atoms with Crippen molar-refractivity contribution in [1.82, 2.24) is 14.9 Å². The summed E-state index contributed by atoms with van der Waals surface area (Å²) in [7, 11) is 0. The second-order valence-corrected chi connectivity index (χ2v) is 8.09. The lowest BCUT2D eigenvalue weighted by molar-refractivity contribution is 0.241. The topological polar surface area (TPSA) is 49.0 Å². The average molecular weight is 351 g/mol. The van der Waals surface area contributed by atoms with Gasteiger partial charge in [-0.2, -0.15) is 0 Å². The van der Waals surface area contributed by atoms with Crippen molar-refractivity contribution < 1.29 is 0 Å². The highest BCUT2D eigenvalue weighted by molar-refractivity contribution is 5.30. The fourth-order valence-corrected chi connectivity index (χ4v) is 4.36. The summed E-state index contributed by atoms with van der Waals surface area (Å²) >= 11 is 0. The van der Waals surface area contributed by atoms with Crippen LogP contribution in [0.25, 0.3) is 0 Å². The normalized spacial score (nSPS) is 18.7. The number of hydrogen-bond acceptors (Lipinski definition) is 3. The van der Waals surface area contributed by atoms with Crippen LogP contribution in [-0.2, 0) is 19.5 Å². The Kier molecular flexibility index (Phi) is 4.94. The van der Waals surface area contributed by atoms with Gasteiger partial charge in [0.2, 0.25) is 0 Å². The Morgan fingerprint density at radius 1 is 1.15 bits per heavy atom. The van der Waals surface area contributed by atoms with E-state index in [2.05, 4.69) is 41.9 Å². The van der Waals surface area contributed by atoms with Crippen LogP contribution in [0.15, 0.2) is 23.0 Å². The van der Waals surface area contributed by atoms with Crippen molar-refractivity contribution in [2.75, 3.05) is 6.54 Å². The molecule has 0 spiro atoms. The molecule has 0 unspecified atom stereocenters. The number of hydrogen-bond donors (Lipinski definition) is 1. The van der Waals surface area contributed by atoms with E-state index in [0.717, 1.165) is 36.6 Å². The van der Waals surface area contributed by atoms with Crippen LogP contribution in [0.5, 0.6) is 0 Å². The standard InChI is InChI=1S/C22H29N3O/c1-15-8-9-17(12-16(15)2)13-25-11-10-20-19(14-25)22(26)24-21(23-20)18-6-4-3-5-7-18/h8-9,12,18H,3-7,10-11,13-14H2,1-2H3,(H,23,24,26). The first-order valence-corrected chi connectivity index (χ1v) is 10.0. The zero-order valence-corrected chi connectivity index (χ0v) is 16.0. The summed E-state index contributed by atoms with van der Waals surface area (Å²) in [5.41, 5.74) is 5.97. The third-order valence-electron chi connectivity index (χ3n) is 6.14. The van der Waals surface area contributed by atoms with Crippen LogP contribution in [0.1, 0.15) is 71.8 Å². The SMILES string of the molecule is Cc1ccc(CN2CCc3nc(C4CCCCC4)[nH]c(=O)c3C2)cc1C. The summed E-state index contributed by atoms with van der Waals surface area (Å²) in [5.74, 6) is 1.39. The second-order valence-electron chi connectivity index (χ2n) is 8.09. The molecule has 4 heteroatoms. The van der Waals surface area contributed by atoms with Gasteiger partial charge < -0.3 is 4.98 Å². The van der Waals surface area contributed by atoms with E-state index in [1.54, 1.807) is 0 Å². The van der Waals surface area contributed by atoms with Crippen molar-refractivity contribution in [3.8, 4) is 0 Å². The van der Waals surface area contributed by atoms with Crippen LogP contribution in [0, 0.1) is 13.8 Å². The Morgan fingerprint density at radius 3 is 2.73 bits per heavy atom. The number of aryl methyl sites for hydroxylation is 2. The molecule has 0 saturated heterocycles. The maximum absolute atomic E-state index is 12.7. The molecule has 0 atom stereocenters. The lowest BCUT2D eigenvalue weighted by Gasteiger charge is -2.29. The van der Waals surface area contributed by atoms with Crippen LogP contribution in [0.3, 0.4) is 0 Å². The van der Waals surface area contributed by atoms with Crippen LogP contribution < -0.4 is 5.56 Å². The monoisotopic (exact) mass is 351 g/mol. The molecule has 1 N–H and O–H groups in total. The molecule has 1 saturated carbocycles. The van der Waals surface area contributed by atoms with Gasteiger partial charge in [0.1, 0.15) is 5.82 Å². The van der Waals surface area contributed by atoms with E-state index in [9.17, 15) is 4.79 Å². The van der Waals surface area contributed by atoms with Crippen molar-refractivity contribution in [2.24, 2.45) is 0 Å². The predicted octanol–water partition coefficient (Wildman–Crippen LogP) is 3.99. The largest absolute Gasteiger partial charge is 0.310 e. The number of aromatic amines is 1. The molecule has 0 radical (unpaired) electrons. The average Bonchev–Trinajstić information content (AvgIpc) is 2.66. The van der Waals surface area contributed by atoms with Gasteiger partial charge in [-0.1, -0.05) is 37.5 Å². The van der Waals surface area contributed by atoms with Crippen molar-refractivity contribution in [3.05, 3.63) is 62.3 Å². The minimum atomic E-state index is 0.0837. The van der Waals surface area contributed by atoms with E-state index in [-0.39, 0.29) is 5.56 Å². The molecule has 0 bridgehead atoms. The highest BCUT2D eigenvalue weighted by Crippen LogP contribution is 2.30. The molecule has 2 aromatic rings. The molecule has 4 rings (SSSR count). The maximum atomic E-state index is 12.7. The number of fused-ring (bicyclic) bond motifs is 1. The highest BCUT2D eigenvalue weighted by atomic mass is 16.1. The molecule has 1 aromatic heterocycles. The molecule has 1 aliphatic heterocycles. The smallest absolute Gasteiger partial charge is 0.255 e. The zero-order valence-electron chi connectivity index (χ0n) is 16.0. The van der Waals surface area contributed by atoms with E-state index in [1.807, 2.05) is 0 Å². The fourth-order valence-electron chi connectivity index (χ4n) is 4.36. The number of nitrogens with one attached hydrogen (secondary N) is 1. The Morgan fingerprint density at radius 2 is 1.96 bits per heavy atom. The van der Waals surface area contributed by atoms with Crippen molar-refractivity contribution in [1.29, 1.82) is 0 Å². The van der Waals surface area contributed by atoms with Crippen molar-refractivity contribution in [2.45, 2.75) is 71.4 Å². The third-order valence-corrected chi connectivity index (χ3v) is 6.14. The summed E-state index contributed by atoms with van der Waals surface area (Å²) in [6.07, 6.45) is 7.05. The first-order valence-electron chi connectivity index (χ1n) is 10.0. The second kappa shape index (κ2) is 7.36. The minimum absolute atomic E-state index is 0.0837. The predicted molar refractivity (Wildman–Crippen MR) is 104 cm³/mol. The van der Waals surface area contributed by atoms with Crippen LogP contribution in [0.2, 0.25) is 0 Å². The number of rotatable bonds is 3. The molecule has 2 aliphatic rings. The molecule has 1 fully saturated rings. The first kappa shape index (κ1) is 17.5. The van der Waals surface area contributed by atoms with Gasteiger partial charge in [0.25, 0.3) is 5.56 Å². The molecular weight excluding hydrogens is 322 g/mol. The Labute approximate surface area is 155 Å². The summed E-state index contributed by atoms with van der Waals surface area (Å²) in [5, 5.41) is 0. The third kappa shape index (κ3) is 3.61. The van der Waals surface area contributed by atoms with Gasteiger partial charge in [0.15, 0.2) is 0 Å². The zero-order chi connectivity index (χ0) is 18.1. The number of H-pyrrole nitrogens is 1. The van der Waals surface area contributed by atoms with Crippen LogP contribution in [0.4, 0.5) is 0 Å². The van der Waals surface area contributed by atoms with E-state index in [1.165, 1.54) is 48.8 Å². The van der Waals surface area contributed by atoms with E-state index in [4.69, 9.17) is 4.98 Å². The summed E-state index contributed by atoms with van der Waals surface area (Å²) < 4.78 is 0. The van der Waals surface area contributed by atoms with Crippen LogP contribution >= 0.6 is 0 Å². The molecule has 4 nitrogen and oxygen atoms in total. The number of benzene rings is 1. The van der Waals surface area contributed by atoms with E-state index in [0.29, 0.717) is 12.5 Å². The highest BCUT2D eigenvalue weighted by Gasteiger charge is 2.24. The fraction of sp³-hybridized carbons (Fsp3) is 0.545. The van der Waals surface area contributed by atoms with Gasteiger partial charge in [-0.05, 0) is 43.4 Å². The van der Waals surface area contributed by atoms with E-state index < -0.39 is 0 Å². The molecule has 26 heavy (non-hydrogen) atoms. The van der Waals surface area contributed by atoms with Crippen LogP contribution in [-0.4, -0.2) is 21.4 Å². The molecule has 2 heterocycles. The van der Waals surface area contributed by atoms with E-state index >= 15 is 0 Å². The number of nitrogens with zero attached hydrogens (tertiary/aromatic N) is 2. The molecule has 1 aromatic carbocycles.